The summed E-state index contributed by atoms with van der Waals surface area (Å²) in [5, 5.41) is 3.12. The van der Waals surface area contributed by atoms with Crippen molar-refractivity contribution in [1.82, 2.24) is 5.32 Å². The first-order chi connectivity index (χ1) is 11.4. The van der Waals surface area contributed by atoms with Crippen molar-refractivity contribution in [2.45, 2.75) is 45.6 Å². The van der Waals surface area contributed by atoms with Crippen molar-refractivity contribution >= 4 is 21.8 Å². The maximum Gasteiger partial charge on any atom is 0.224 e. The molecule has 1 atom stereocenters. The lowest BCUT2D eigenvalue weighted by atomic mass is 9.95. The van der Waals surface area contributed by atoms with Crippen LogP contribution in [0.4, 0.5) is 0 Å². The SMILES string of the molecule is CCOc1cc(Br)c(CC(=O)NC(C)(CN)C2CC2)cc1OCC. The summed E-state index contributed by atoms with van der Waals surface area (Å²) in [4.78, 5) is 12.5. The minimum atomic E-state index is -0.308. The van der Waals surface area contributed by atoms with Gasteiger partial charge in [-0.25, -0.2) is 0 Å². The van der Waals surface area contributed by atoms with Crippen molar-refractivity contribution < 1.29 is 14.3 Å². The van der Waals surface area contributed by atoms with E-state index < -0.39 is 0 Å². The van der Waals surface area contributed by atoms with Crippen LogP contribution in [0.3, 0.4) is 0 Å². The normalized spacial score (nSPS) is 16.4. The number of carbonyl (C=O) groups is 1. The first-order valence-electron chi connectivity index (χ1n) is 8.52. The third kappa shape index (κ3) is 4.63. The maximum absolute atomic E-state index is 12.5. The summed E-state index contributed by atoms with van der Waals surface area (Å²) in [5.74, 6) is 1.81. The first-order valence-corrected chi connectivity index (χ1v) is 9.31. The third-order valence-electron chi connectivity index (χ3n) is 4.39. The van der Waals surface area contributed by atoms with Crippen molar-refractivity contribution in [3.05, 3.63) is 22.2 Å². The van der Waals surface area contributed by atoms with Crippen LogP contribution in [0.1, 0.15) is 39.2 Å². The highest BCUT2D eigenvalue weighted by molar-refractivity contribution is 9.10. The van der Waals surface area contributed by atoms with Crippen LogP contribution in [0.2, 0.25) is 0 Å². The number of nitrogens with one attached hydrogen (secondary N) is 1. The van der Waals surface area contributed by atoms with Crippen molar-refractivity contribution in [3.63, 3.8) is 0 Å². The molecule has 0 aliphatic heterocycles. The predicted molar refractivity (Wildman–Crippen MR) is 98.5 cm³/mol. The van der Waals surface area contributed by atoms with Crippen molar-refractivity contribution in [2.75, 3.05) is 19.8 Å². The molecule has 1 aliphatic carbocycles. The second kappa shape index (κ2) is 8.21. The summed E-state index contributed by atoms with van der Waals surface area (Å²) in [7, 11) is 0. The van der Waals surface area contributed by atoms with E-state index in [9.17, 15) is 4.79 Å². The summed E-state index contributed by atoms with van der Waals surface area (Å²) in [6, 6.07) is 3.73. The van der Waals surface area contributed by atoms with Gasteiger partial charge in [-0.05, 0) is 57.2 Å². The summed E-state index contributed by atoms with van der Waals surface area (Å²) >= 11 is 3.53. The van der Waals surface area contributed by atoms with E-state index in [1.165, 1.54) is 0 Å². The zero-order valence-corrected chi connectivity index (χ0v) is 16.2. The van der Waals surface area contributed by atoms with Crippen LogP contribution in [0.15, 0.2) is 16.6 Å². The van der Waals surface area contributed by atoms with Crippen molar-refractivity contribution in [1.29, 1.82) is 0 Å². The smallest absolute Gasteiger partial charge is 0.224 e. The van der Waals surface area contributed by atoms with Gasteiger partial charge in [0.05, 0.1) is 25.2 Å². The van der Waals surface area contributed by atoms with Crippen LogP contribution in [0, 0.1) is 5.92 Å². The Morgan fingerprint density at radius 1 is 1.29 bits per heavy atom. The number of ether oxygens (including phenoxy) is 2. The Labute approximate surface area is 152 Å². The molecular weight excluding hydrogens is 372 g/mol. The van der Waals surface area contributed by atoms with Crippen molar-refractivity contribution in [3.8, 4) is 11.5 Å². The molecule has 5 nitrogen and oxygen atoms in total. The van der Waals surface area contributed by atoms with Gasteiger partial charge in [0.15, 0.2) is 11.5 Å². The fourth-order valence-electron chi connectivity index (χ4n) is 2.83. The number of hydrogen-bond donors (Lipinski definition) is 2. The lowest BCUT2D eigenvalue weighted by Gasteiger charge is -2.29. The number of carbonyl (C=O) groups excluding carboxylic acids is 1. The highest BCUT2D eigenvalue weighted by atomic mass is 79.9. The Bertz CT molecular complexity index is 590. The summed E-state index contributed by atoms with van der Waals surface area (Å²) < 4.78 is 12.1. The Hall–Kier alpha value is -1.27. The molecule has 0 radical (unpaired) electrons. The van der Waals surface area contributed by atoms with Crippen LogP contribution >= 0.6 is 15.9 Å². The number of benzene rings is 1. The molecule has 1 saturated carbocycles. The molecule has 3 N–H and O–H groups in total. The summed E-state index contributed by atoms with van der Waals surface area (Å²) in [6.45, 7) is 7.44. The van der Waals surface area contributed by atoms with E-state index in [0.29, 0.717) is 37.2 Å². The van der Waals surface area contributed by atoms with Crippen LogP contribution < -0.4 is 20.5 Å². The molecule has 0 aromatic heterocycles. The van der Waals surface area contributed by atoms with Crippen molar-refractivity contribution in [2.24, 2.45) is 11.7 Å². The van der Waals surface area contributed by atoms with Gasteiger partial charge in [-0.3, -0.25) is 4.79 Å². The zero-order valence-electron chi connectivity index (χ0n) is 14.7. The number of rotatable bonds is 9. The Kier molecular flexibility index (Phi) is 6.52. The molecule has 1 unspecified atom stereocenters. The monoisotopic (exact) mass is 398 g/mol. The average molecular weight is 399 g/mol. The molecule has 1 aromatic rings. The molecule has 1 fully saturated rings. The van der Waals surface area contributed by atoms with Gasteiger partial charge >= 0.3 is 0 Å². The Morgan fingerprint density at radius 3 is 2.38 bits per heavy atom. The summed E-state index contributed by atoms with van der Waals surface area (Å²) in [6.07, 6.45) is 2.54. The van der Waals surface area contributed by atoms with E-state index >= 15 is 0 Å². The molecule has 134 valence electrons. The molecule has 6 heteroatoms. The first kappa shape index (κ1) is 19.1. The Morgan fingerprint density at radius 2 is 1.88 bits per heavy atom. The number of hydrogen-bond acceptors (Lipinski definition) is 4. The fraction of sp³-hybridized carbons (Fsp3) is 0.611. The van der Waals surface area contributed by atoms with Gasteiger partial charge < -0.3 is 20.5 Å². The largest absolute Gasteiger partial charge is 0.490 e. The molecule has 1 amide bonds. The van der Waals surface area contributed by atoms with Gasteiger partial charge in [-0.1, -0.05) is 15.9 Å². The minimum Gasteiger partial charge on any atom is -0.490 e. The van der Waals surface area contributed by atoms with E-state index in [1.807, 2.05) is 32.9 Å². The molecule has 2 rings (SSSR count). The lowest BCUT2D eigenvalue weighted by molar-refractivity contribution is -0.122. The second-order valence-corrected chi connectivity index (χ2v) is 7.23. The highest BCUT2D eigenvalue weighted by Gasteiger charge is 2.41. The molecule has 24 heavy (non-hydrogen) atoms. The van der Waals surface area contributed by atoms with E-state index in [4.69, 9.17) is 15.2 Å². The molecular formula is C18H27BrN2O3. The van der Waals surface area contributed by atoms with Gasteiger partial charge in [-0.15, -0.1) is 0 Å². The quantitative estimate of drug-likeness (QED) is 0.670. The fourth-order valence-corrected chi connectivity index (χ4v) is 3.29. The molecule has 1 aromatic carbocycles. The van der Waals surface area contributed by atoms with Crippen LogP contribution in [0.25, 0.3) is 0 Å². The predicted octanol–water partition coefficient (Wildman–Crippen LogP) is 3.03. The van der Waals surface area contributed by atoms with Crippen LogP contribution in [-0.4, -0.2) is 31.2 Å². The molecule has 0 heterocycles. The second-order valence-electron chi connectivity index (χ2n) is 6.38. The zero-order chi connectivity index (χ0) is 17.7. The number of amides is 1. The maximum atomic E-state index is 12.5. The topological polar surface area (TPSA) is 73.6 Å². The van der Waals surface area contributed by atoms with Gasteiger partial charge in [0.2, 0.25) is 5.91 Å². The standard InChI is InChI=1S/C18H27BrN2O3/c1-4-23-15-8-12(14(19)10-16(15)24-5-2)9-17(22)21-18(3,11-20)13-6-7-13/h8,10,13H,4-7,9,11,20H2,1-3H3,(H,21,22). The average Bonchev–Trinajstić information content (AvgIpc) is 3.37. The third-order valence-corrected chi connectivity index (χ3v) is 5.13. The van der Waals surface area contributed by atoms with E-state index in [2.05, 4.69) is 21.2 Å². The molecule has 1 aliphatic rings. The number of nitrogens with two attached hydrogens (primary N) is 1. The van der Waals surface area contributed by atoms with Gasteiger partial charge in [-0.2, -0.15) is 0 Å². The minimum absolute atomic E-state index is 0.0258. The van der Waals surface area contributed by atoms with Gasteiger partial charge in [0, 0.05) is 11.0 Å². The molecule has 0 spiro atoms. The molecule has 0 saturated heterocycles. The van der Waals surface area contributed by atoms with Gasteiger partial charge in [0.1, 0.15) is 0 Å². The van der Waals surface area contributed by atoms with Crippen LogP contribution in [0.5, 0.6) is 11.5 Å². The van der Waals surface area contributed by atoms with E-state index in [-0.39, 0.29) is 17.9 Å². The summed E-state index contributed by atoms with van der Waals surface area (Å²) in [5.41, 5.74) is 6.44. The van der Waals surface area contributed by atoms with E-state index in [0.717, 1.165) is 22.9 Å². The van der Waals surface area contributed by atoms with Gasteiger partial charge in [0.25, 0.3) is 0 Å². The van der Waals surface area contributed by atoms with E-state index in [1.54, 1.807) is 0 Å². The lowest BCUT2D eigenvalue weighted by Crippen LogP contribution is -2.53. The van der Waals surface area contributed by atoms with Crippen LogP contribution in [-0.2, 0) is 11.2 Å². The highest BCUT2D eigenvalue weighted by Crippen LogP contribution is 2.39. The number of halogens is 1. The Balaban J connectivity index is 2.13. The molecule has 0 bridgehead atoms.